The molecule has 0 fully saturated rings. The van der Waals surface area contributed by atoms with Gasteiger partial charge in [0.2, 0.25) is 0 Å². The zero-order valence-corrected chi connectivity index (χ0v) is 11.5. The fourth-order valence-corrected chi connectivity index (χ4v) is 1.81. The van der Waals surface area contributed by atoms with Gasteiger partial charge in [-0.1, -0.05) is 18.2 Å². The van der Waals surface area contributed by atoms with E-state index in [1.165, 1.54) is 0 Å². The highest BCUT2D eigenvalue weighted by Gasteiger charge is 1.97. The van der Waals surface area contributed by atoms with Crippen LogP contribution in [-0.2, 0) is 17.7 Å². The SMILES string of the molecule is NCc1cccc(OCCOCCc2ccccn2)c1. The lowest BCUT2D eigenvalue weighted by Crippen LogP contribution is -2.09. The number of hydrogen-bond donors (Lipinski definition) is 1. The minimum Gasteiger partial charge on any atom is -0.491 e. The molecule has 0 atom stereocenters. The molecule has 4 heteroatoms. The molecule has 0 unspecified atom stereocenters. The Hall–Kier alpha value is -1.91. The largest absolute Gasteiger partial charge is 0.491 e. The van der Waals surface area contributed by atoms with Gasteiger partial charge in [-0.2, -0.15) is 0 Å². The summed E-state index contributed by atoms with van der Waals surface area (Å²) in [5, 5.41) is 0. The Kier molecular flexibility index (Phi) is 6.02. The molecule has 2 aromatic rings. The van der Waals surface area contributed by atoms with Crippen molar-refractivity contribution < 1.29 is 9.47 Å². The number of nitrogens with zero attached hydrogens (tertiary/aromatic N) is 1. The number of nitrogens with two attached hydrogens (primary N) is 1. The Morgan fingerprint density at radius 3 is 2.75 bits per heavy atom. The molecule has 20 heavy (non-hydrogen) atoms. The minimum absolute atomic E-state index is 0.526. The van der Waals surface area contributed by atoms with Crippen LogP contribution in [0.5, 0.6) is 5.75 Å². The van der Waals surface area contributed by atoms with Crippen molar-refractivity contribution in [3.8, 4) is 5.75 Å². The molecule has 0 aliphatic rings. The normalized spacial score (nSPS) is 10.4. The van der Waals surface area contributed by atoms with E-state index in [1.807, 2.05) is 42.5 Å². The Bertz CT molecular complexity index is 503. The molecule has 0 spiro atoms. The second kappa shape index (κ2) is 8.30. The number of rotatable bonds is 8. The summed E-state index contributed by atoms with van der Waals surface area (Å²) in [5.41, 5.74) is 7.70. The van der Waals surface area contributed by atoms with E-state index in [0.29, 0.717) is 26.4 Å². The molecule has 0 aliphatic carbocycles. The molecular formula is C16H20N2O2. The Labute approximate surface area is 119 Å². The molecule has 0 saturated heterocycles. The quantitative estimate of drug-likeness (QED) is 0.748. The van der Waals surface area contributed by atoms with Gasteiger partial charge in [-0.3, -0.25) is 4.98 Å². The van der Waals surface area contributed by atoms with E-state index in [-0.39, 0.29) is 0 Å². The fraction of sp³-hybridized carbons (Fsp3) is 0.312. The average molecular weight is 272 g/mol. The van der Waals surface area contributed by atoms with Crippen LogP contribution >= 0.6 is 0 Å². The monoisotopic (exact) mass is 272 g/mol. The molecular weight excluding hydrogens is 252 g/mol. The van der Waals surface area contributed by atoms with Crippen molar-refractivity contribution in [2.75, 3.05) is 19.8 Å². The Morgan fingerprint density at radius 2 is 1.95 bits per heavy atom. The first kappa shape index (κ1) is 14.5. The smallest absolute Gasteiger partial charge is 0.119 e. The summed E-state index contributed by atoms with van der Waals surface area (Å²) < 4.78 is 11.1. The van der Waals surface area contributed by atoms with Crippen LogP contribution < -0.4 is 10.5 Å². The Balaban J connectivity index is 1.59. The van der Waals surface area contributed by atoms with Crippen molar-refractivity contribution in [3.05, 3.63) is 59.9 Å². The third kappa shape index (κ3) is 4.99. The first-order valence-corrected chi connectivity index (χ1v) is 6.78. The zero-order chi connectivity index (χ0) is 14.0. The van der Waals surface area contributed by atoms with Crippen molar-refractivity contribution in [2.24, 2.45) is 5.73 Å². The van der Waals surface area contributed by atoms with Gasteiger partial charge >= 0.3 is 0 Å². The second-order valence-electron chi connectivity index (χ2n) is 4.38. The van der Waals surface area contributed by atoms with Crippen molar-refractivity contribution in [1.29, 1.82) is 0 Å². The van der Waals surface area contributed by atoms with Crippen molar-refractivity contribution in [1.82, 2.24) is 4.98 Å². The van der Waals surface area contributed by atoms with Crippen LogP contribution in [0.1, 0.15) is 11.3 Å². The molecule has 1 heterocycles. The maximum Gasteiger partial charge on any atom is 0.119 e. The number of benzene rings is 1. The molecule has 106 valence electrons. The first-order chi connectivity index (χ1) is 9.88. The third-order valence-electron chi connectivity index (χ3n) is 2.86. The summed E-state index contributed by atoms with van der Waals surface area (Å²) >= 11 is 0. The molecule has 4 nitrogen and oxygen atoms in total. The molecule has 1 aromatic carbocycles. The van der Waals surface area contributed by atoms with Crippen LogP contribution in [0.4, 0.5) is 0 Å². The number of ether oxygens (including phenoxy) is 2. The van der Waals surface area contributed by atoms with E-state index >= 15 is 0 Å². The maximum absolute atomic E-state index is 5.60. The molecule has 0 amide bonds. The maximum atomic E-state index is 5.60. The summed E-state index contributed by atoms with van der Waals surface area (Å²) in [5.74, 6) is 0.835. The lowest BCUT2D eigenvalue weighted by Gasteiger charge is -2.08. The van der Waals surface area contributed by atoms with Crippen LogP contribution in [0.3, 0.4) is 0 Å². The molecule has 2 N–H and O–H groups in total. The van der Waals surface area contributed by atoms with Gasteiger partial charge in [0.15, 0.2) is 0 Å². The number of pyridine rings is 1. The van der Waals surface area contributed by atoms with Gasteiger partial charge in [0.05, 0.1) is 13.2 Å². The minimum atomic E-state index is 0.526. The van der Waals surface area contributed by atoms with Crippen LogP contribution in [0, 0.1) is 0 Å². The van der Waals surface area contributed by atoms with Crippen LogP contribution in [-0.4, -0.2) is 24.8 Å². The van der Waals surface area contributed by atoms with Crippen molar-refractivity contribution >= 4 is 0 Å². The fourth-order valence-electron chi connectivity index (χ4n) is 1.81. The van der Waals surface area contributed by atoms with Gasteiger partial charge in [-0.05, 0) is 29.8 Å². The zero-order valence-electron chi connectivity index (χ0n) is 11.5. The lowest BCUT2D eigenvalue weighted by atomic mass is 10.2. The topological polar surface area (TPSA) is 57.4 Å². The van der Waals surface area contributed by atoms with Gasteiger partial charge in [-0.15, -0.1) is 0 Å². The van der Waals surface area contributed by atoms with Crippen LogP contribution in [0.2, 0.25) is 0 Å². The van der Waals surface area contributed by atoms with Crippen molar-refractivity contribution in [3.63, 3.8) is 0 Å². The van der Waals surface area contributed by atoms with E-state index in [1.54, 1.807) is 6.20 Å². The standard InChI is InChI=1S/C16H20N2O2/c17-13-14-4-3-6-16(12-14)20-11-10-19-9-7-15-5-1-2-8-18-15/h1-6,8,12H,7,9-11,13,17H2. The highest BCUT2D eigenvalue weighted by Crippen LogP contribution is 2.12. The molecule has 1 aromatic heterocycles. The highest BCUT2D eigenvalue weighted by molar-refractivity contribution is 5.28. The highest BCUT2D eigenvalue weighted by atomic mass is 16.5. The van der Waals surface area contributed by atoms with Crippen molar-refractivity contribution in [2.45, 2.75) is 13.0 Å². The number of hydrogen-bond acceptors (Lipinski definition) is 4. The van der Waals surface area contributed by atoms with E-state index in [0.717, 1.165) is 23.4 Å². The molecule has 0 bridgehead atoms. The summed E-state index contributed by atoms with van der Waals surface area (Å²) in [4.78, 5) is 4.24. The summed E-state index contributed by atoms with van der Waals surface area (Å²) in [6, 6.07) is 13.7. The number of aromatic nitrogens is 1. The molecule has 0 aliphatic heterocycles. The predicted octanol–water partition coefficient (Wildman–Crippen LogP) is 2.18. The van der Waals surface area contributed by atoms with E-state index < -0.39 is 0 Å². The molecule has 0 radical (unpaired) electrons. The Morgan fingerprint density at radius 1 is 1.00 bits per heavy atom. The van der Waals surface area contributed by atoms with Gasteiger partial charge in [-0.25, -0.2) is 0 Å². The van der Waals surface area contributed by atoms with Crippen LogP contribution in [0.25, 0.3) is 0 Å². The average Bonchev–Trinajstić information content (AvgIpc) is 2.52. The van der Waals surface area contributed by atoms with E-state index in [2.05, 4.69) is 4.98 Å². The summed E-state index contributed by atoms with van der Waals surface area (Å²) in [6.45, 7) is 2.29. The van der Waals surface area contributed by atoms with Gasteiger partial charge in [0, 0.05) is 24.9 Å². The summed E-state index contributed by atoms with van der Waals surface area (Å²) in [7, 11) is 0. The van der Waals surface area contributed by atoms with E-state index in [9.17, 15) is 0 Å². The predicted molar refractivity (Wildman–Crippen MR) is 78.6 cm³/mol. The second-order valence-corrected chi connectivity index (χ2v) is 4.38. The first-order valence-electron chi connectivity index (χ1n) is 6.78. The van der Waals surface area contributed by atoms with Crippen LogP contribution in [0.15, 0.2) is 48.7 Å². The van der Waals surface area contributed by atoms with Gasteiger partial charge < -0.3 is 15.2 Å². The molecule has 2 rings (SSSR count). The molecule has 0 saturated carbocycles. The van der Waals surface area contributed by atoms with Gasteiger partial charge in [0.25, 0.3) is 0 Å². The lowest BCUT2D eigenvalue weighted by molar-refractivity contribution is 0.102. The van der Waals surface area contributed by atoms with Gasteiger partial charge in [0.1, 0.15) is 12.4 Å². The van der Waals surface area contributed by atoms with E-state index in [4.69, 9.17) is 15.2 Å². The summed E-state index contributed by atoms with van der Waals surface area (Å²) in [6.07, 6.45) is 2.62. The third-order valence-corrected chi connectivity index (χ3v) is 2.86.